The normalized spacial score (nSPS) is 29.5. The van der Waals surface area contributed by atoms with E-state index in [1.165, 1.54) is 6.42 Å². The van der Waals surface area contributed by atoms with Gasteiger partial charge in [-0.15, -0.1) is 0 Å². The highest BCUT2D eigenvalue weighted by molar-refractivity contribution is 6.33. The molecule has 2 aromatic rings. The van der Waals surface area contributed by atoms with Gasteiger partial charge in [0.15, 0.2) is 5.78 Å². The number of halogens is 1. The van der Waals surface area contributed by atoms with Crippen molar-refractivity contribution in [2.24, 2.45) is 23.7 Å². The Morgan fingerprint density at radius 2 is 1.65 bits per heavy atom. The number of ketones is 1. The SMILES string of the molecule is Cc1cc(C2=C(c3ccc(Cl)cc3)C(=O)[C@@H]3[C@H]4CC[C@H](C4)[C@H]23)cc(=O)o1. The summed E-state index contributed by atoms with van der Waals surface area (Å²) < 4.78 is 5.15. The van der Waals surface area contributed by atoms with E-state index in [0.717, 1.165) is 35.1 Å². The number of benzene rings is 1. The van der Waals surface area contributed by atoms with E-state index >= 15 is 0 Å². The van der Waals surface area contributed by atoms with Gasteiger partial charge >= 0.3 is 5.63 Å². The van der Waals surface area contributed by atoms with E-state index < -0.39 is 0 Å². The van der Waals surface area contributed by atoms with Crippen LogP contribution in [0.25, 0.3) is 11.1 Å². The minimum Gasteiger partial charge on any atom is -0.428 e. The predicted molar refractivity (Wildman–Crippen MR) is 101 cm³/mol. The molecule has 0 N–H and O–H groups in total. The zero-order valence-corrected chi connectivity index (χ0v) is 15.3. The van der Waals surface area contributed by atoms with Crippen molar-refractivity contribution in [2.75, 3.05) is 0 Å². The van der Waals surface area contributed by atoms with Crippen LogP contribution in [0.4, 0.5) is 0 Å². The van der Waals surface area contributed by atoms with Gasteiger partial charge in [-0.3, -0.25) is 4.79 Å². The van der Waals surface area contributed by atoms with Crippen molar-refractivity contribution < 1.29 is 9.21 Å². The van der Waals surface area contributed by atoms with Gasteiger partial charge in [-0.25, -0.2) is 4.79 Å². The molecular weight excluding hydrogens is 348 g/mol. The number of hydrogen-bond donors (Lipinski definition) is 0. The zero-order valence-electron chi connectivity index (χ0n) is 14.5. The third kappa shape index (κ3) is 2.26. The molecular formula is C22H19ClO3. The molecule has 1 aromatic carbocycles. The second-order valence-electron chi connectivity index (χ2n) is 7.82. The summed E-state index contributed by atoms with van der Waals surface area (Å²) in [5, 5.41) is 0.651. The van der Waals surface area contributed by atoms with Crippen LogP contribution in [0.1, 0.15) is 36.1 Å². The lowest BCUT2D eigenvalue weighted by atomic mass is 9.77. The topological polar surface area (TPSA) is 47.3 Å². The summed E-state index contributed by atoms with van der Waals surface area (Å²) in [6, 6.07) is 10.9. The first-order chi connectivity index (χ1) is 12.5. The Bertz CT molecular complexity index is 999. The second-order valence-corrected chi connectivity index (χ2v) is 8.26. The fraction of sp³-hybridized carbons (Fsp3) is 0.364. The Balaban J connectivity index is 1.76. The van der Waals surface area contributed by atoms with Gasteiger partial charge in [0.25, 0.3) is 0 Å². The van der Waals surface area contributed by atoms with Crippen LogP contribution >= 0.6 is 11.6 Å². The quantitative estimate of drug-likeness (QED) is 0.770. The summed E-state index contributed by atoms with van der Waals surface area (Å²) in [5.74, 6) is 2.15. The first kappa shape index (κ1) is 16.1. The van der Waals surface area contributed by atoms with Crippen LogP contribution < -0.4 is 5.63 Å². The smallest absolute Gasteiger partial charge is 0.336 e. The summed E-state index contributed by atoms with van der Waals surface area (Å²) in [7, 11) is 0. The Kier molecular flexibility index (Phi) is 3.51. The molecule has 26 heavy (non-hydrogen) atoms. The molecule has 3 aliphatic rings. The van der Waals surface area contributed by atoms with E-state index in [1.807, 2.05) is 30.3 Å². The molecule has 2 saturated carbocycles. The fourth-order valence-electron chi connectivity index (χ4n) is 5.56. The number of hydrogen-bond acceptors (Lipinski definition) is 3. The van der Waals surface area contributed by atoms with E-state index in [-0.39, 0.29) is 23.2 Å². The summed E-state index contributed by atoms with van der Waals surface area (Å²) in [5.41, 5.74) is 3.21. The monoisotopic (exact) mass is 366 g/mol. The van der Waals surface area contributed by atoms with Gasteiger partial charge in [0, 0.05) is 22.6 Å². The number of fused-ring (bicyclic) bond motifs is 5. The summed E-state index contributed by atoms with van der Waals surface area (Å²) in [6.45, 7) is 1.78. The van der Waals surface area contributed by atoms with Gasteiger partial charge in [-0.2, -0.15) is 0 Å². The van der Waals surface area contributed by atoms with Crippen LogP contribution in [-0.2, 0) is 4.79 Å². The summed E-state index contributed by atoms with van der Waals surface area (Å²) in [4.78, 5) is 25.4. The van der Waals surface area contributed by atoms with Crippen LogP contribution in [0.2, 0.25) is 5.02 Å². The van der Waals surface area contributed by atoms with Crippen molar-refractivity contribution in [1.82, 2.24) is 0 Å². The molecule has 0 radical (unpaired) electrons. The molecule has 4 atom stereocenters. The molecule has 2 fully saturated rings. The van der Waals surface area contributed by atoms with Crippen molar-refractivity contribution in [3.63, 3.8) is 0 Å². The maximum atomic E-state index is 13.4. The lowest BCUT2D eigenvalue weighted by Gasteiger charge is -2.26. The van der Waals surface area contributed by atoms with Crippen molar-refractivity contribution in [3.8, 4) is 0 Å². The molecule has 4 heteroatoms. The molecule has 0 saturated heterocycles. The number of rotatable bonds is 2. The highest BCUT2D eigenvalue weighted by Gasteiger charge is 2.57. The van der Waals surface area contributed by atoms with Crippen molar-refractivity contribution in [1.29, 1.82) is 0 Å². The largest absolute Gasteiger partial charge is 0.428 e. The van der Waals surface area contributed by atoms with E-state index in [9.17, 15) is 9.59 Å². The van der Waals surface area contributed by atoms with Gasteiger partial charge in [-0.1, -0.05) is 23.7 Å². The van der Waals surface area contributed by atoms with Crippen molar-refractivity contribution >= 4 is 28.5 Å². The maximum Gasteiger partial charge on any atom is 0.336 e. The van der Waals surface area contributed by atoms with Crippen LogP contribution in [0, 0.1) is 30.6 Å². The minimum absolute atomic E-state index is 0.0713. The zero-order chi connectivity index (χ0) is 18.0. The average Bonchev–Trinajstić information content (AvgIpc) is 3.27. The van der Waals surface area contributed by atoms with Crippen LogP contribution in [0.3, 0.4) is 0 Å². The molecule has 0 unspecified atom stereocenters. The first-order valence-corrected chi connectivity index (χ1v) is 9.57. The molecule has 0 amide bonds. The lowest BCUT2D eigenvalue weighted by Crippen LogP contribution is -2.24. The predicted octanol–water partition coefficient (Wildman–Crippen LogP) is 4.76. The van der Waals surface area contributed by atoms with Crippen LogP contribution in [0.15, 0.2) is 45.6 Å². The second kappa shape index (κ2) is 5.68. The number of allylic oxidation sites excluding steroid dienone is 2. The van der Waals surface area contributed by atoms with Gasteiger partial charge in [0.2, 0.25) is 0 Å². The van der Waals surface area contributed by atoms with Gasteiger partial charge < -0.3 is 4.42 Å². The van der Waals surface area contributed by atoms with Crippen molar-refractivity contribution in [3.05, 3.63) is 68.7 Å². The standard InChI is InChI=1S/C22H19ClO3/c1-11-8-15(10-17(24)26-11)19-18-13-2-3-14(9-13)21(18)22(25)20(19)12-4-6-16(23)7-5-12/h4-8,10,13-14,18,21H,2-3,9H2,1H3/t13-,14+,18-,21-/m1/s1. The van der Waals surface area contributed by atoms with E-state index in [1.54, 1.807) is 13.0 Å². The molecule has 2 bridgehead atoms. The van der Waals surface area contributed by atoms with Gasteiger partial charge in [0.05, 0.1) is 0 Å². The molecule has 3 nitrogen and oxygen atoms in total. The third-order valence-electron chi connectivity index (χ3n) is 6.41. The first-order valence-electron chi connectivity index (χ1n) is 9.19. The average molecular weight is 367 g/mol. The molecule has 1 heterocycles. The van der Waals surface area contributed by atoms with E-state index in [4.69, 9.17) is 16.0 Å². The van der Waals surface area contributed by atoms with E-state index in [2.05, 4.69) is 0 Å². The minimum atomic E-state index is -0.359. The van der Waals surface area contributed by atoms with Crippen molar-refractivity contribution in [2.45, 2.75) is 26.2 Å². The molecule has 1 aromatic heterocycles. The molecule has 3 aliphatic carbocycles. The molecule has 5 rings (SSSR count). The molecule has 132 valence electrons. The highest BCUT2D eigenvalue weighted by atomic mass is 35.5. The van der Waals surface area contributed by atoms with Gasteiger partial charge in [0.1, 0.15) is 5.76 Å². The van der Waals surface area contributed by atoms with E-state index in [0.29, 0.717) is 22.6 Å². The van der Waals surface area contributed by atoms with Crippen LogP contribution in [0.5, 0.6) is 0 Å². The van der Waals surface area contributed by atoms with Crippen LogP contribution in [-0.4, -0.2) is 5.78 Å². The summed E-state index contributed by atoms with van der Waals surface area (Å²) >= 11 is 6.05. The van der Waals surface area contributed by atoms with Gasteiger partial charge in [-0.05, 0) is 78.8 Å². The summed E-state index contributed by atoms with van der Waals surface area (Å²) in [6.07, 6.45) is 3.46. The fourth-order valence-corrected chi connectivity index (χ4v) is 5.69. The maximum absolute atomic E-state index is 13.4. The Labute approximate surface area is 156 Å². The third-order valence-corrected chi connectivity index (χ3v) is 6.66. The number of aryl methyl sites for hydroxylation is 1. The molecule has 0 spiro atoms. The highest BCUT2D eigenvalue weighted by Crippen LogP contribution is 2.62. The Morgan fingerprint density at radius 3 is 2.35 bits per heavy atom. The Morgan fingerprint density at radius 1 is 0.962 bits per heavy atom. The number of Topliss-reactive ketones (excluding diaryl/α,β-unsaturated/α-hetero) is 1. The Hall–Kier alpha value is -2.13. The number of carbonyl (C=O) groups is 1. The molecule has 0 aliphatic heterocycles. The lowest BCUT2D eigenvalue weighted by molar-refractivity contribution is -0.118. The number of carbonyl (C=O) groups excluding carboxylic acids is 1.